The summed E-state index contributed by atoms with van der Waals surface area (Å²) in [6.07, 6.45) is 2.77. The first kappa shape index (κ1) is 15.0. The Morgan fingerprint density at radius 1 is 1.29 bits per heavy atom. The quantitative estimate of drug-likeness (QED) is 0.781. The summed E-state index contributed by atoms with van der Waals surface area (Å²) in [5.74, 6) is -2.08. The van der Waals surface area contributed by atoms with Crippen LogP contribution in [0.25, 0.3) is 0 Å². The molecule has 2 heterocycles. The van der Waals surface area contributed by atoms with E-state index < -0.39 is 28.6 Å². The Morgan fingerprint density at radius 3 is 2.33 bits per heavy atom. The number of hydrogen-bond acceptors (Lipinski definition) is 6. The van der Waals surface area contributed by atoms with E-state index in [0.717, 1.165) is 0 Å². The third-order valence-corrected chi connectivity index (χ3v) is 4.53. The zero-order valence-corrected chi connectivity index (χ0v) is 12.2. The molecule has 0 aromatic carbocycles. The average molecular weight is 284 g/mol. The summed E-state index contributed by atoms with van der Waals surface area (Å²) in [5, 5.41) is 37.3. The first-order valence-corrected chi connectivity index (χ1v) is 6.74. The number of nitriles is 3. The van der Waals surface area contributed by atoms with Gasteiger partial charge in [-0.25, -0.2) is 0 Å². The lowest BCUT2D eigenvalue weighted by molar-refractivity contribution is -0.257. The molecule has 6 nitrogen and oxygen atoms in total. The molecular weight excluding hydrogens is 268 g/mol. The van der Waals surface area contributed by atoms with E-state index in [1.165, 1.54) is 0 Å². The van der Waals surface area contributed by atoms with Crippen LogP contribution in [0.1, 0.15) is 27.2 Å². The SMILES string of the molecule is CC=CC1OC2(C)OC(=N)C(C#N)(C2CC)C1(C#N)C#N. The van der Waals surface area contributed by atoms with E-state index in [-0.39, 0.29) is 5.90 Å². The Hall–Kier alpha value is -2.36. The Balaban J connectivity index is 2.83. The van der Waals surface area contributed by atoms with Gasteiger partial charge in [0.1, 0.15) is 6.10 Å². The molecule has 0 aromatic heterocycles. The molecule has 2 aliphatic heterocycles. The van der Waals surface area contributed by atoms with Crippen LogP contribution in [-0.4, -0.2) is 17.8 Å². The van der Waals surface area contributed by atoms with Gasteiger partial charge in [0.05, 0.1) is 24.1 Å². The van der Waals surface area contributed by atoms with E-state index >= 15 is 0 Å². The fourth-order valence-corrected chi connectivity index (χ4v) is 3.61. The first-order chi connectivity index (χ1) is 9.92. The van der Waals surface area contributed by atoms with Gasteiger partial charge in [-0.15, -0.1) is 0 Å². The Morgan fingerprint density at radius 2 is 1.90 bits per heavy atom. The molecule has 2 aliphatic rings. The van der Waals surface area contributed by atoms with Crippen molar-refractivity contribution in [2.75, 3.05) is 0 Å². The molecule has 0 saturated carbocycles. The number of allylic oxidation sites excluding steroid dienone is 1. The van der Waals surface area contributed by atoms with E-state index in [4.69, 9.17) is 14.9 Å². The van der Waals surface area contributed by atoms with Crippen molar-refractivity contribution in [2.24, 2.45) is 16.7 Å². The maximum absolute atomic E-state index is 9.79. The van der Waals surface area contributed by atoms with Crippen molar-refractivity contribution in [3.8, 4) is 18.2 Å². The molecule has 6 heteroatoms. The van der Waals surface area contributed by atoms with Gasteiger partial charge >= 0.3 is 0 Å². The van der Waals surface area contributed by atoms with Crippen LogP contribution < -0.4 is 0 Å². The zero-order chi connectivity index (χ0) is 15.9. The fourth-order valence-electron chi connectivity index (χ4n) is 3.61. The van der Waals surface area contributed by atoms with E-state index in [1.54, 1.807) is 26.0 Å². The van der Waals surface area contributed by atoms with Gasteiger partial charge in [-0.05, 0) is 13.3 Å². The highest BCUT2D eigenvalue weighted by atomic mass is 16.7. The molecule has 1 N–H and O–H groups in total. The molecule has 21 heavy (non-hydrogen) atoms. The van der Waals surface area contributed by atoms with Crippen molar-refractivity contribution in [3.63, 3.8) is 0 Å². The number of fused-ring (bicyclic) bond motifs is 2. The van der Waals surface area contributed by atoms with Crippen molar-refractivity contribution in [2.45, 2.75) is 39.1 Å². The summed E-state index contributed by atoms with van der Waals surface area (Å²) in [5.41, 5.74) is -3.43. The minimum Gasteiger partial charge on any atom is -0.448 e. The first-order valence-electron chi connectivity index (χ1n) is 6.74. The van der Waals surface area contributed by atoms with Crippen molar-refractivity contribution in [1.82, 2.24) is 0 Å². The van der Waals surface area contributed by atoms with Gasteiger partial charge in [-0.2, -0.15) is 15.8 Å². The predicted octanol–water partition coefficient (Wildman–Crippen LogP) is 2.25. The topological polar surface area (TPSA) is 114 Å². The van der Waals surface area contributed by atoms with Gasteiger partial charge in [-0.1, -0.05) is 19.1 Å². The van der Waals surface area contributed by atoms with Crippen LogP contribution in [0.2, 0.25) is 0 Å². The Labute approximate surface area is 123 Å². The Kier molecular flexibility index (Phi) is 3.28. The summed E-state index contributed by atoms with van der Waals surface area (Å²) < 4.78 is 11.4. The zero-order valence-electron chi connectivity index (χ0n) is 12.2. The van der Waals surface area contributed by atoms with Gasteiger partial charge in [-0.3, -0.25) is 5.41 Å². The van der Waals surface area contributed by atoms with Crippen LogP contribution in [0, 0.1) is 56.2 Å². The second kappa shape index (κ2) is 4.58. The van der Waals surface area contributed by atoms with E-state index in [9.17, 15) is 15.8 Å². The van der Waals surface area contributed by atoms with E-state index in [0.29, 0.717) is 6.42 Å². The molecule has 2 rings (SSSR count). The van der Waals surface area contributed by atoms with Crippen LogP contribution in [-0.2, 0) is 9.47 Å². The van der Waals surface area contributed by atoms with Gasteiger partial charge in [0.15, 0.2) is 5.41 Å². The van der Waals surface area contributed by atoms with E-state index in [1.807, 2.05) is 19.1 Å². The average Bonchev–Trinajstić information content (AvgIpc) is 2.64. The predicted molar refractivity (Wildman–Crippen MR) is 72.4 cm³/mol. The molecule has 0 spiro atoms. The van der Waals surface area contributed by atoms with Crippen LogP contribution in [0.4, 0.5) is 0 Å². The normalized spacial score (nSPS) is 40.1. The van der Waals surface area contributed by atoms with Crippen molar-refractivity contribution in [1.29, 1.82) is 21.2 Å². The van der Waals surface area contributed by atoms with E-state index in [2.05, 4.69) is 6.07 Å². The molecule has 0 aromatic rings. The molecule has 2 fully saturated rings. The summed E-state index contributed by atoms with van der Waals surface area (Å²) in [4.78, 5) is 0. The molecule has 0 radical (unpaired) electrons. The maximum atomic E-state index is 9.79. The molecule has 108 valence electrons. The summed E-state index contributed by atoms with van der Waals surface area (Å²) in [7, 11) is 0. The van der Waals surface area contributed by atoms with Gasteiger partial charge in [0, 0.05) is 6.92 Å². The second-order valence-electron chi connectivity index (χ2n) is 5.42. The lowest BCUT2D eigenvalue weighted by Crippen LogP contribution is -2.61. The van der Waals surface area contributed by atoms with Crippen LogP contribution in [0.5, 0.6) is 0 Å². The molecular formula is C15H16N4O2. The molecule has 2 bridgehead atoms. The summed E-state index contributed by atoms with van der Waals surface area (Å²) in [6.45, 7) is 5.23. The molecule has 2 saturated heterocycles. The minimum absolute atomic E-state index is 0.352. The lowest BCUT2D eigenvalue weighted by atomic mass is 9.54. The third kappa shape index (κ3) is 1.45. The molecule has 0 amide bonds. The summed E-state index contributed by atoms with van der Waals surface area (Å²) in [6, 6.07) is 5.96. The third-order valence-electron chi connectivity index (χ3n) is 4.53. The number of nitrogens with one attached hydrogen (secondary N) is 1. The molecule has 4 unspecified atom stereocenters. The van der Waals surface area contributed by atoms with Gasteiger partial charge in [0.2, 0.25) is 17.1 Å². The monoisotopic (exact) mass is 284 g/mol. The lowest BCUT2D eigenvalue weighted by Gasteiger charge is -2.47. The molecule has 4 atom stereocenters. The Bertz CT molecular complexity index is 622. The smallest absolute Gasteiger partial charge is 0.214 e. The standard InChI is InChI=1S/C15H16N4O2/c1-4-6-11-14(7-16,8-17)15(9-18)10(5-2)13(3,20-11)21-12(15)19/h4,6,10-11,19H,5H2,1-3H3. The highest BCUT2D eigenvalue weighted by molar-refractivity contribution is 5.89. The number of hydrogen-bond donors (Lipinski definition) is 1. The highest BCUT2D eigenvalue weighted by Gasteiger charge is 2.78. The maximum Gasteiger partial charge on any atom is 0.214 e. The second-order valence-corrected chi connectivity index (χ2v) is 5.42. The molecule has 0 aliphatic carbocycles. The summed E-state index contributed by atoms with van der Waals surface area (Å²) >= 11 is 0. The number of ether oxygens (including phenoxy) is 2. The highest BCUT2D eigenvalue weighted by Crippen LogP contribution is 2.63. The van der Waals surface area contributed by atoms with Crippen LogP contribution >= 0.6 is 0 Å². The van der Waals surface area contributed by atoms with Crippen LogP contribution in [0.15, 0.2) is 12.2 Å². The van der Waals surface area contributed by atoms with Crippen molar-refractivity contribution >= 4 is 5.90 Å². The fraction of sp³-hybridized carbons (Fsp3) is 0.600. The largest absolute Gasteiger partial charge is 0.448 e. The van der Waals surface area contributed by atoms with Crippen molar-refractivity contribution < 1.29 is 9.47 Å². The van der Waals surface area contributed by atoms with Crippen LogP contribution in [0.3, 0.4) is 0 Å². The van der Waals surface area contributed by atoms with Gasteiger partial charge < -0.3 is 9.47 Å². The minimum atomic E-state index is -1.80. The number of nitrogens with zero attached hydrogens (tertiary/aromatic N) is 3. The van der Waals surface area contributed by atoms with Crippen molar-refractivity contribution in [3.05, 3.63) is 12.2 Å². The van der Waals surface area contributed by atoms with Gasteiger partial charge in [0.25, 0.3) is 0 Å². The number of rotatable bonds is 2.